The summed E-state index contributed by atoms with van der Waals surface area (Å²) in [5.74, 6) is -0.115. The molecule has 2 rings (SSSR count). The molecule has 1 amide bonds. The smallest absolute Gasteiger partial charge is 0.254 e. The summed E-state index contributed by atoms with van der Waals surface area (Å²) in [6.07, 6.45) is 6.23. The normalized spacial score (nSPS) is 18.6. The second-order valence-electron chi connectivity index (χ2n) is 3.89. The van der Waals surface area contributed by atoms with Crippen molar-refractivity contribution in [3.63, 3.8) is 0 Å². The van der Waals surface area contributed by atoms with Gasteiger partial charge in [0.05, 0.1) is 11.8 Å². The Bertz CT molecular complexity index is 316. The topological polar surface area (TPSA) is 83.8 Å². The summed E-state index contributed by atoms with van der Waals surface area (Å²) in [6.45, 7) is 0.553. The van der Waals surface area contributed by atoms with Crippen LogP contribution in [-0.4, -0.2) is 28.2 Å². The second-order valence-corrected chi connectivity index (χ2v) is 3.89. The molecule has 1 aliphatic carbocycles. The Morgan fingerprint density at radius 3 is 3.00 bits per heavy atom. The van der Waals surface area contributed by atoms with Crippen molar-refractivity contribution in [1.29, 1.82) is 0 Å². The minimum Gasteiger partial charge on any atom is -0.350 e. The van der Waals surface area contributed by atoms with Crippen LogP contribution in [0.3, 0.4) is 0 Å². The SMILES string of the molecule is NC1(CNC(=O)c2cn[nH]c2)CCC1. The van der Waals surface area contributed by atoms with Crippen LogP contribution in [0.25, 0.3) is 0 Å². The molecule has 76 valence electrons. The second kappa shape index (κ2) is 3.42. The molecule has 14 heavy (non-hydrogen) atoms. The van der Waals surface area contributed by atoms with Crippen LogP contribution >= 0.6 is 0 Å². The summed E-state index contributed by atoms with van der Waals surface area (Å²) >= 11 is 0. The third-order valence-corrected chi connectivity index (χ3v) is 2.71. The lowest BCUT2D eigenvalue weighted by Crippen LogP contribution is -2.54. The first-order valence-electron chi connectivity index (χ1n) is 4.75. The fourth-order valence-electron chi connectivity index (χ4n) is 1.54. The van der Waals surface area contributed by atoms with Gasteiger partial charge in [0, 0.05) is 18.3 Å². The molecule has 1 fully saturated rings. The molecular formula is C9H14N4O. The highest BCUT2D eigenvalue weighted by Crippen LogP contribution is 2.28. The monoisotopic (exact) mass is 194 g/mol. The molecule has 1 aromatic rings. The quantitative estimate of drug-likeness (QED) is 0.634. The van der Waals surface area contributed by atoms with E-state index in [1.54, 1.807) is 6.20 Å². The molecule has 0 spiro atoms. The molecule has 1 aromatic heterocycles. The lowest BCUT2D eigenvalue weighted by atomic mass is 9.78. The Labute approximate surface area is 82.1 Å². The van der Waals surface area contributed by atoms with E-state index in [0.29, 0.717) is 12.1 Å². The molecule has 0 radical (unpaired) electrons. The number of rotatable bonds is 3. The van der Waals surface area contributed by atoms with Crippen LogP contribution in [0.5, 0.6) is 0 Å². The zero-order chi connectivity index (χ0) is 10.0. The van der Waals surface area contributed by atoms with Crippen LogP contribution in [0.1, 0.15) is 29.6 Å². The van der Waals surface area contributed by atoms with E-state index < -0.39 is 0 Å². The molecule has 5 nitrogen and oxygen atoms in total. The van der Waals surface area contributed by atoms with Gasteiger partial charge in [-0.15, -0.1) is 0 Å². The van der Waals surface area contributed by atoms with Crippen molar-refractivity contribution in [2.24, 2.45) is 5.73 Å². The molecule has 0 saturated heterocycles. The lowest BCUT2D eigenvalue weighted by molar-refractivity contribution is 0.0930. The Hall–Kier alpha value is -1.36. The largest absolute Gasteiger partial charge is 0.350 e. The van der Waals surface area contributed by atoms with E-state index in [0.717, 1.165) is 19.3 Å². The van der Waals surface area contributed by atoms with Crippen LogP contribution in [-0.2, 0) is 0 Å². The van der Waals surface area contributed by atoms with Crippen LogP contribution in [0.4, 0.5) is 0 Å². The zero-order valence-corrected chi connectivity index (χ0v) is 7.92. The molecule has 1 saturated carbocycles. The Morgan fingerprint density at radius 1 is 1.71 bits per heavy atom. The summed E-state index contributed by atoms with van der Waals surface area (Å²) in [7, 11) is 0. The summed E-state index contributed by atoms with van der Waals surface area (Å²) in [5.41, 5.74) is 6.35. The van der Waals surface area contributed by atoms with E-state index in [1.165, 1.54) is 6.20 Å². The van der Waals surface area contributed by atoms with Gasteiger partial charge in [-0.05, 0) is 19.3 Å². The van der Waals surface area contributed by atoms with Crippen molar-refractivity contribution in [2.75, 3.05) is 6.54 Å². The van der Waals surface area contributed by atoms with E-state index in [9.17, 15) is 4.79 Å². The number of nitrogens with zero attached hydrogens (tertiary/aromatic N) is 1. The minimum absolute atomic E-state index is 0.115. The maximum atomic E-state index is 11.5. The van der Waals surface area contributed by atoms with Gasteiger partial charge in [-0.2, -0.15) is 5.10 Å². The highest BCUT2D eigenvalue weighted by Gasteiger charge is 2.32. The van der Waals surface area contributed by atoms with Crippen molar-refractivity contribution < 1.29 is 4.79 Å². The third kappa shape index (κ3) is 1.77. The van der Waals surface area contributed by atoms with Crippen molar-refractivity contribution >= 4 is 5.91 Å². The van der Waals surface area contributed by atoms with Crippen molar-refractivity contribution in [2.45, 2.75) is 24.8 Å². The lowest BCUT2D eigenvalue weighted by Gasteiger charge is -2.38. The maximum absolute atomic E-state index is 11.5. The average Bonchev–Trinajstić information content (AvgIpc) is 2.63. The molecule has 1 aliphatic rings. The average molecular weight is 194 g/mol. The number of hydrogen-bond acceptors (Lipinski definition) is 3. The fraction of sp³-hybridized carbons (Fsp3) is 0.556. The van der Waals surface area contributed by atoms with Crippen molar-refractivity contribution in [3.05, 3.63) is 18.0 Å². The summed E-state index contributed by atoms with van der Waals surface area (Å²) < 4.78 is 0. The van der Waals surface area contributed by atoms with Crippen LogP contribution in [0, 0.1) is 0 Å². The molecule has 0 aromatic carbocycles. The standard InChI is InChI=1S/C9H14N4O/c10-9(2-1-3-9)6-11-8(14)7-4-12-13-5-7/h4-5H,1-3,6,10H2,(H,11,14)(H,12,13). The third-order valence-electron chi connectivity index (χ3n) is 2.71. The van der Waals surface area contributed by atoms with Gasteiger partial charge in [0.15, 0.2) is 0 Å². The molecule has 0 bridgehead atoms. The molecule has 0 atom stereocenters. The van der Waals surface area contributed by atoms with Crippen molar-refractivity contribution in [1.82, 2.24) is 15.5 Å². The Morgan fingerprint density at radius 2 is 2.50 bits per heavy atom. The summed E-state index contributed by atoms with van der Waals surface area (Å²) in [6, 6.07) is 0. The van der Waals surface area contributed by atoms with E-state index in [4.69, 9.17) is 5.73 Å². The highest BCUT2D eigenvalue weighted by atomic mass is 16.1. The number of amides is 1. The molecule has 1 heterocycles. The van der Waals surface area contributed by atoms with Crippen LogP contribution in [0.15, 0.2) is 12.4 Å². The van der Waals surface area contributed by atoms with Gasteiger partial charge in [-0.25, -0.2) is 0 Å². The number of nitrogens with one attached hydrogen (secondary N) is 2. The number of H-pyrrole nitrogens is 1. The Kier molecular flexibility index (Phi) is 2.25. The number of aromatic amines is 1. The van der Waals surface area contributed by atoms with Gasteiger partial charge < -0.3 is 11.1 Å². The van der Waals surface area contributed by atoms with Crippen LogP contribution in [0.2, 0.25) is 0 Å². The van der Waals surface area contributed by atoms with Gasteiger partial charge in [0.2, 0.25) is 0 Å². The highest BCUT2D eigenvalue weighted by molar-refractivity contribution is 5.93. The van der Waals surface area contributed by atoms with E-state index in [1.807, 2.05) is 0 Å². The predicted molar refractivity (Wildman–Crippen MR) is 51.7 cm³/mol. The van der Waals surface area contributed by atoms with Gasteiger partial charge in [-0.1, -0.05) is 0 Å². The first-order valence-corrected chi connectivity index (χ1v) is 4.75. The number of aromatic nitrogens is 2. The molecule has 0 unspecified atom stereocenters. The molecule has 0 aliphatic heterocycles. The van der Waals surface area contributed by atoms with Crippen molar-refractivity contribution in [3.8, 4) is 0 Å². The van der Waals surface area contributed by atoms with E-state index in [-0.39, 0.29) is 11.4 Å². The first-order chi connectivity index (χ1) is 6.70. The Balaban J connectivity index is 1.84. The number of carbonyl (C=O) groups is 1. The summed E-state index contributed by atoms with van der Waals surface area (Å²) in [4.78, 5) is 11.5. The maximum Gasteiger partial charge on any atom is 0.254 e. The number of nitrogens with two attached hydrogens (primary N) is 1. The molecular weight excluding hydrogens is 180 g/mol. The van der Waals surface area contributed by atoms with Gasteiger partial charge in [0.25, 0.3) is 5.91 Å². The molecule has 5 heteroatoms. The number of hydrogen-bond donors (Lipinski definition) is 3. The number of carbonyl (C=O) groups excluding carboxylic acids is 1. The molecule has 4 N–H and O–H groups in total. The predicted octanol–water partition coefficient (Wildman–Crippen LogP) is 0.0209. The zero-order valence-electron chi connectivity index (χ0n) is 7.92. The van der Waals surface area contributed by atoms with Gasteiger partial charge in [-0.3, -0.25) is 9.89 Å². The minimum atomic E-state index is -0.167. The summed E-state index contributed by atoms with van der Waals surface area (Å²) in [5, 5.41) is 9.10. The fourth-order valence-corrected chi connectivity index (χ4v) is 1.54. The van der Waals surface area contributed by atoms with Gasteiger partial charge >= 0.3 is 0 Å². The van der Waals surface area contributed by atoms with E-state index >= 15 is 0 Å². The van der Waals surface area contributed by atoms with E-state index in [2.05, 4.69) is 15.5 Å². The van der Waals surface area contributed by atoms with Gasteiger partial charge in [0.1, 0.15) is 0 Å². The van der Waals surface area contributed by atoms with Crippen LogP contribution < -0.4 is 11.1 Å². The first kappa shape index (κ1) is 9.21.